The van der Waals surface area contributed by atoms with Gasteiger partial charge in [0.05, 0.1) is 16.3 Å². The van der Waals surface area contributed by atoms with Crippen LogP contribution in [0.25, 0.3) is 0 Å². The first kappa shape index (κ1) is 17.8. The van der Waals surface area contributed by atoms with Gasteiger partial charge in [0.15, 0.2) is 0 Å². The summed E-state index contributed by atoms with van der Waals surface area (Å²) in [6.07, 6.45) is 0.376. The van der Waals surface area contributed by atoms with E-state index in [1.54, 1.807) is 13.0 Å². The molecule has 0 saturated carbocycles. The number of anilines is 1. The van der Waals surface area contributed by atoms with Gasteiger partial charge in [-0.2, -0.15) is 0 Å². The summed E-state index contributed by atoms with van der Waals surface area (Å²) in [5, 5.41) is 5.13. The van der Waals surface area contributed by atoms with Gasteiger partial charge >= 0.3 is 0 Å². The van der Waals surface area contributed by atoms with Crippen molar-refractivity contribution in [2.75, 3.05) is 4.31 Å². The van der Waals surface area contributed by atoms with E-state index in [0.717, 1.165) is 0 Å². The first-order valence-electron chi connectivity index (χ1n) is 7.50. The normalized spacial score (nSPS) is 17.6. The highest BCUT2D eigenvalue weighted by Gasteiger charge is 2.35. The number of hydrogen-bond acceptors (Lipinski definition) is 4. The third-order valence-corrected chi connectivity index (χ3v) is 6.84. The van der Waals surface area contributed by atoms with Crippen LogP contribution in [-0.4, -0.2) is 22.9 Å². The molecular weight excluding hydrogens is 367 g/mol. The second-order valence-electron chi connectivity index (χ2n) is 6.07. The lowest BCUT2D eigenvalue weighted by molar-refractivity contribution is 0.582. The molecular formula is C16H17FN2O4S2. The predicted octanol–water partition coefficient (Wildman–Crippen LogP) is 1.75. The van der Waals surface area contributed by atoms with E-state index in [4.69, 9.17) is 5.14 Å². The van der Waals surface area contributed by atoms with Crippen molar-refractivity contribution in [1.82, 2.24) is 0 Å². The Bertz CT molecular complexity index is 1040. The molecule has 134 valence electrons. The number of sulfonamides is 2. The molecule has 0 aromatic heterocycles. The van der Waals surface area contributed by atoms with E-state index in [9.17, 15) is 21.2 Å². The van der Waals surface area contributed by atoms with Crippen LogP contribution in [0.3, 0.4) is 0 Å². The van der Waals surface area contributed by atoms with Crippen LogP contribution in [-0.2, 0) is 32.2 Å². The molecule has 3 rings (SSSR count). The summed E-state index contributed by atoms with van der Waals surface area (Å²) in [6, 6.07) is 9.20. The van der Waals surface area contributed by atoms with Gasteiger partial charge in [-0.15, -0.1) is 0 Å². The maximum atomic E-state index is 13.3. The average Bonchev–Trinajstić information content (AvgIpc) is 2.81. The highest BCUT2D eigenvalue weighted by molar-refractivity contribution is 7.92. The van der Waals surface area contributed by atoms with Gasteiger partial charge < -0.3 is 0 Å². The molecule has 0 bridgehead atoms. The molecule has 2 N–H and O–H groups in total. The Morgan fingerprint density at radius 1 is 1.16 bits per heavy atom. The third kappa shape index (κ3) is 3.53. The summed E-state index contributed by atoms with van der Waals surface area (Å²) in [4.78, 5) is -0.0529. The van der Waals surface area contributed by atoms with E-state index in [-0.39, 0.29) is 16.7 Å². The first-order valence-corrected chi connectivity index (χ1v) is 10.7. The van der Waals surface area contributed by atoms with E-state index in [2.05, 4.69) is 0 Å². The van der Waals surface area contributed by atoms with Crippen molar-refractivity contribution in [1.29, 1.82) is 0 Å². The van der Waals surface area contributed by atoms with Gasteiger partial charge in [0.1, 0.15) is 5.82 Å². The van der Waals surface area contributed by atoms with Gasteiger partial charge in [-0.3, -0.25) is 4.31 Å². The minimum atomic E-state index is -3.86. The zero-order valence-electron chi connectivity index (χ0n) is 13.4. The van der Waals surface area contributed by atoms with E-state index in [0.29, 0.717) is 23.2 Å². The maximum absolute atomic E-state index is 13.3. The molecule has 1 heterocycles. The molecule has 1 atom stereocenters. The van der Waals surface area contributed by atoms with Crippen LogP contribution in [0.2, 0.25) is 0 Å². The van der Waals surface area contributed by atoms with Crippen LogP contribution in [0.15, 0.2) is 47.4 Å². The number of nitrogens with zero attached hydrogens (tertiary/aromatic N) is 1. The Hall–Kier alpha value is -1.97. The molecule has 1 unspecified atom stereocenters. The second-order valence-corrected chi connectivity index (χ2v) is 9.48. The second kappa shape index (κ2) is 6.08. The third-order valence-electron chi connectivity index (χ3n) is 4.07. The number of fused-ring (bicyclic) bond motifs is 1. The fourth-order valence-corrected chi connectivity index (χ4v) is 5.49. The summed E-state index contributed by atoms with van der Waals surface area (Å²) in [5.74, 6) is -0.841. The lowest BCUT2D eigenvalue weighted by Crippen LogP contribution is -2.36. The molecule has 0 aliphatic carbocycles. The molecule has 0 radical (unpaired) electrons. The quantitative estimate of drug-likeness (QED) is 0.868. The van der Waals surface area contributed by atoms with E-state index in [1.165, 1.54) is 40.7 Å². The molecule has 6 nitrogen and oxygen atoms in total. The van der Waals surface area contributed by atoms with Crippen LogP contribution in [0.5, 0.6) is 0 Å². The minimum absolute atomic E-state index is 0.0529. The van der Waals surface area contributed by atoms with Crippen LogP contribution >= 0.6 is 0 Å². The number of nitrogens with two attached hydrogens (primary N) is 1. The predicted molar refractivity (Wildman–Crippen MR) is 92.5 cm³/mol. The van der Waals surface area contributed by atoms with Gasteiger partial charge in [0.25, 0.3) is 0 Å². The number of primary sulfonamides is 1. The van der Waals surface area contributed by atoms with E-state index < -0.39 is 25.9 Å². The van der Waals surface area contributed by atoms with Gasteiger partial charge in [-0.05, 0) is 54.8 Å². The number of halogens is 1. The highest BCUT2D eigenvalue weighted by Crippen LogP contribution is 2.36. The summed E-state index contributed by atoms with van der Waals surface area (Å²) in [5.41, 5.74) is 1.37. The van der Waals surface area contributed by atoms with Gasteiger partial charge in [0, 0.05) is 6.04 Å². The first-order chi connectivity index (χ1) is 11.6. The van der Waals surface area contributed by atoms with Crippen LogP contribution in [0.4, 0.5) is 10.1 Å². The zero-order chi connectivity index (χ0) is 18.4. The fourth-order valence-electron chi connectivity index (χ4n) is 3.09. The Morgan fingerprint density at radius 2 is 1.88 bits per heavy atom. The Kier molecular flexibility index (Phi) is 4.34. The lowest BCUT2D eigenvalue weighted by Gasteiger charge is -2.24. The summed E-state index contributed by atoms with van der Waals surface area (Å²) in [6.45, 7) is 1.74. The molecule has 1 aliphatic rings. The topological polar surface area (TPSA) is 97.5 Å². The van der Waals surface area contributed by atoms with Gasteiger partial charge in [0.2, 0.25) is 20.0 Å². The molecule has 9 heteroatoms. The zero-order valence-corrected chi connectivity index (χ0v) is 15.0. The molecule has 25 heavy (non-hydrogen) atoms. The van der Waals surface area contributed by atoms with E-state index in [1.807, 2.05) is 0 Å². The Balaban J connectivity index is 1.99. The monoisotopic (exact) mass is 384 g/mol. The lowest BCUT2D eigenvalue weighted by atomic mass is 10.1. The number of benzene rings is 2. The fraction of sp³-hybridized carbons (Fsp3) is 0.250. The number of rotatable bonds is 4. The molecule has 0 spiro atoms. The van der Waals surface area contributed by atoms with Crippen molar-refractivity contribution in [3.8, 4) is 0 Å². The Morgan fingerprint density at radius 3 is 2.52 bits per heavy atom. The molecule has 0 amide bonds. The van der Waals surface area contributed by atoms with Crippen molar-refractivity contribution in [2.24, 2.45) is 5.14 Å². The average molecular weight is 384 g/mol. The van der Waals surface area contributed by atoms with Gasteiger partial charge in [-0.25, -0.2) is 26.4 Å². The standard InChI is InChI=1S/C16H17FN2O4S2/c1-11-7-13-9-15(25(18,22)23)5-6-16(13)19(11)24(20,21)10-12-3-2-4-14(17)8-12/h2-6,8-9,11H,7,10H2,1H3,(H2,18,22,23). The molecule has 1 aliphatic heterocycles. The molecule has 0 saturated heterocycles. The number of hydrogen-bond donors (Lipinski definition) is 1. The summed E-state index contributed by atoms with van der Waals surface area (Å²) >= 11 is 0. The van der Waals surface area contributed by atoms with Crippen molar-refractivity contribution in [3.05, 3.63) is 59.4 Å². The highest BCUT2D eigenvalue weighted by atomic mass is 32.2. The van der Waals surface area contributed by atoms with Crippen molar-refractivity contribution < 1.29 is 21.2 Å². The molecule has 2 aromatic carbocycles. The molecule has 2 aromatic rings. The van der Waals surface area contributed by atoms with E-state index >= 15 is 0 Å². The summed E-state index contributed by atoms with van der Waals surface area (Å²) in [7, 11) is -7.61. The van der Waals surface area contributed by atoms with Crippen LogP contribution < -0.4 is 9.44 Å². The minimum Gasteiger partial charge on any atom is -0.267 e. The smallest absolute Gasteiger partial charge is 0.239 e. The van der Waals surface area contributed by atoms with Crippen LogP contribution in [0, 0.1) is 5.82 Å². The van der Waals surface area contributed by atoms with Crippen molar-refractivity contribution >= 4 is 25.7 Å². The van der Waals surface area contributed by atoms with Crippen molar-refractivity contribution in [3.63, 3.8) is 0 Å². The van der Waals surface area contributed by atoms with Crippen molar-refractivity contribution in [2.45, 2.75) is 30.0 Å². The Labute approximate surface area is 146 Å². The van der Waals surface area contributed by atoms with Gasteiger partial charge in [-0.1, -0.05) is 12.1 Å². The van der Waals surface area contributed by atoms with Crippen LogP contribution in [0.1, 0.15) is 18.1 Å². The maximum Gasteiger partial charge on any atom is 0.239 e. The largest absolute Gasteiger partial charge is 0.267 e. The summed E-state index contributed by atoms with van der Waals surface area (Å²) < 4.78 is 63.2. The SMILES string of the molecule is CC1Cc2cc(S(N)(=O)=O)ccc2N1S(=O)(=O)Cc1cccc(F)c1. The molecule has 0 fully saturated rings.